The summed E-state index contributed by atoms with van der Waals surface area (Å²) in [6.45, 7) is 7.15. The molecule has 0 aliphatic carbocycles. The topological polar surface area (TPSA) is 61.8 Å². The van der Waals surface area contributed by atoms with Gasteiger partial charge in [-0.25, -0.2) is 0 Å². The van der Waals surface area contributed by atoms with Crippen LogP contribution < -0.4 is 10.1 Å². The molecule has 2 atom stereocenters. The largest absolute Gasteiger partial charge is 0.491 e. The Morgan fingerprint density at radius 2 is 1.79 bits per heavy atom. The molecule has 3 rings (SSSR count). The molecule has 1 aliphatic heterocycles. The fraction of sp³-hybridized carbons (Fsp3) is 0.435. The summed E-state index contributed by atoms with van der Waals surface area (Å²) in [5.41, 5.74) is 2.11. The summed E-state index contributed by atoms with van der Waals surface area (Å²) in [7, 11) is 0. The maximum Gasteiger partial charge on any atom is 0.238 e. The van der Waals surface area contributed by atoms with Crippen molar-refractivity contribution < 1.29 is 14.6 Å². The quantitative estimate of drug-likeness (QED) is 0.807. The number of carbonyl (C=O) groups excluding carboxylic acids is 1. The number of amides is 1. The first kappa shape index (κ1) is 20.4. The first-order chi connectivity index (χ1) is 13.3. The summed E-state index contributed by atoms with van der Waals surface area (Å²) < 4.78 is 5.68. The van der Waals surface area contributed by atoms with Crippen molar-refractivity contribution in [1.82, 2.24) is 10.2 Å². The molecule has 1 unspecified atom stereocenters. The lowest BCUT2D eigenvalue weighted by Gasteiger charge is -2.38. The molecular weight excluding hydrogens is 352 g/mol. The number of hydrogen-bond acceptors (Lipinski definition) is 4. The van der Waals surface area contributed by atoms with Crippen LogP contribution >= 0.6 is 0 Å². The number of β-amino-alcohol motifs (C(OH)–C–C–N with tert-alkyl or cyclic N) is 1. The lowest BCUT2D eigenvalue weighted by molar-refractivity contribution is -0.129. The van der Waals surface area contributed by atoms with Gasteiger partial charge in [-0.3, -0.25) is 9.69 Å². The zero-order chi connectivity index (χ0) is 20.1. The van der Waals surface area contributed by atoms with Crippen LogP contribution in [0.15, 0.2) is 54.6 Å². The third-order valence-electron chi connectivity index (χ3n) is 4.78. The van der Waals surface area contributed by atoms with Crippen molar-refractivity contribution in [3.05, 3.63) is 65.7 Å². The zero-order valence-electron chi connectivity index (χ0n) is 16.9. The van der Waals surface area contributed by atoms with Gasteiger partial charge in [0.25, 0.3) is 0 Å². The molecule has 1 amide bonds. The Bertz CT molecular complexity index is 786. The number of benzene rings is 2. The van der Waals surface area contributed by atoms with Gasteiger partial charge in [-0.15, -0.1) is 0 Å². The lowest BCUT2D eigenvalue weighted by Crippen LogP contribution is -2.56. The molecule has 2 aromatic rings. The number of ether oxygens (including phenoxy) is 1. The van der Waals surface area contributed by atoms with Crippen LogP contribution in [-0.2, 0) is 17.8 Å². The second-order valence-electron chi connectivity index (χ2n) is 8.44. The van der Waals surface area contributed by atoms with Gasteiger partial charge in [-0.2, -0.15) is 0 Å². The van der Waals surface area contributed by atoms with Gasteiger partial charge in [0.15, 0.2) is 0 Å². The molecule has 5 heteroatoms. The van der Waals surface area contributed by atoms with Gasteiger partial charge < -0.3 is 15.2 Å². The minimum Gasteiger partial charge on any atom is -0.491 e. The van der Waals surface area contributed by atoms with Crippen LogP contribution in [-0.4, -0.2) is 46.7 Å². The first-order valence-electron chi connectivity index (χ1n) is 9.80. The lowest BCUT2D eigenvalue weighted by atomic mass is 9.92. The van der Waals surface area contributed by atoms with Gasteiger partial charge in [0.2, 0.25) is 5.91 Å². The number of nitrogens with one attached hydrogen (secondary N) is 1. The molecule has 0 saturated heterocycles. The normalized spacial score (nSPS) is 18.2. The highest BCUT2D eigenvalue weighted by molar-refractivity contribution is 5.83. The number of aliphatic hydroxyl groups is 1. The number of rotatable bonds is 6. The van der Waals surface area contributed by atoms with E-state index in [0.717, 1.165) is 5.75 Å². The van der Waals surface area contributed by atoms with Crippen LogP contribution in [0.3, 0.4) is 0 Å². The van der Waals surface area contributed by atoms with E-state index in [-0.39, 0.29) is 24.1 Å². The number of fused-ring (bicyclic) bond motifs is 1. The fourth-order valence-corrected chi connectivity index (χ4v) is 3.51. The molecule has 28 heavy (non-hydrogen) atoms. The molecule has 150 valence electrons. The van der Waals surface area contributed by atoms with Crippen molar-refractivity contribution in [2.45, 2.75) is 51.4 Å². The maximum atomic E-state index is 12.9. The minimum atomic E-state index is -0.685. The smallest absolute Gasteiger partial charge is 0.238 e. The van der Waals surface area contributed by atoms with E-state index in [1.165, 1.54) is 11.1 Å². The molecule has 0 fully saturated rings. The summed E-state index contributed by atoms with van der Waals surface area (Å²) in [6, 6.07) is 17.3. The number of nitrogens with zero attached hydrogens (tertiary/aromatic N) is 1. The average molecular weight is 383 g/mol. The van der Waals surface area contributed by atoms with E-state index in [1.54, 1.807) is 0 Å². The second kappa shape index (κ2) is 8.76. The Labute approximate surface area is 167 Å². The highest BCUT2D eigenvalue weighted by Gasteiger charge is 2.34. The molecule has 1 aliphatic rings. The Kier molecular flexibility index (Phi) is 6.37. The van der Waals surface area contributed by atoms with Crippen molar-refractivity contribution in [2.75, 3.05) is 13.2 Å². The number of aliphatic hydroxyl groups excluding tert-OH is 1. The van der Waals surface area contributed by atoms with Gasteiger partial charge in [0.1, 0.15) is 18.5 Å². The van der Waals surface area contributed by atoms with Gasteiger partial charge in [0, 0.05) is 18.6 Å². The monoisotopic (exact) mass is 382 g/mol. The van der Waals surface area contributed by atoms with Gasteiger partial charge in [-0.1, -0.05) is 42.5 Å². The first-order valence-corrected chi connectivity index (χ1v) is 9.80. The molecule has 0 radical (unpaired) electrons. The van der Waals surface area contributed by atoms with Crippen LogP contribution in [0.1, 0.15) is 31.9 Å². The summed E-state index contributed by atoms with van der Waals surface area (Å²) in [5.74, 6) is 0.728. The van der Waals surface area contributed by atoms with Crippen LogP contribution in [0.4, 0.5) is 0 Å². The predicted octanol–water partition coefficient (Wildman–Crippen LogP) is 2.77. The predicted molar refractivity (Wildman–Crippen MR) is 110 cm³/mol. The molecule has 2 aromatic carbocycles. The van der Waals surface area contributed by atoms with Crippen LogP contribution in [0.5, 0.6) is 5.75 Å². The SMILES string of the molecule is CC(C)(C)NC(=O)[C@@H]1Cc2ccccc2CN1CC(O)COc1ccccc1. The molecule has 0 saturated carbocycles. The standard InChI is InChI=1S/C23H30N2O3/c1-23(2,3)24-22(27)21-13-17-9-7-8-10-18(17)14-25(21)15-19(26)16-28-20-11-5-4-6-12-20/h4-12,19,21,26H,13-16H2,1-3H3,(H,24,27)/t19?,21-/m0/s1. The third kappa shape index (κ3) is 5.57. The molecular formula is C23H30N2O3. The Morgan fingerprint density at radius 1 is 1.14 bits per heavy atom. The summed E-state index contributed by atoms with van der Waals surface area (Å²) in [6.07, 6.45) is -0.0416. The molecule has 2 N–H and O–H groups in total. The summed E-state index contributed by atoms with van der Waals surface area (Å²) >= 11 is 0. The average Bonchev–Trinajstić information content (AvgIpc) is 2.65. The Morgan fingerprint density at radius 3 is 2.46 bits per heavy atom. The van der Waals surface area contributed by atoms with Gasteiger partial charge in [0.05, 0.1) is 6.04 Å². The van der Waals surface area contributed by atoms with Crippen LogP contribution in [0.25, 0.3) is 0 Å². The number of carbonyl (C=O) groups is 1. The van der Waals surface area contributed by atoms with E-state index < -0.39 is 6.10 Å². The Balaban J connectivity index is 1.69. The minimum absolute atomic E-state index is 0.00168. The van der Waals surface area contributed by atoms with E-state index in [9.17, 15) is 9.90 Å². The van der Waals surface area contributed by atoms with E-state index in [0.29, 0.717) is 19.5 Å². The van der Waals surface area contributed by atoms with E-state index in [4.69, 9.17) is 4.74 Å². The summed E-state index contributed by atoms with van der Waals surface area (Å²) in [4.78, 5) is 15.0. The highest BCUT2D eigenvalue weighted by atomic mass is 16.5. The highest BCUT2D eigenvalue weighted by Crippen LogP contribution is 2.24. The van der Waals surface area contributed by atoms with Gasteiger partial charge in [-0.05, 0) is 50.5 Å². The van der Waals surface area contributed by atoms with E-state index in [1.807, 2.05) is 63.2 Å². The van der Waals surface area contributed by atoms with E-state index in [2.05, 4.69) is 22.3 Å². The molecule has 0 bridgehead atoms. The molecule has 0 spiro atoms. The maximum absolute atomic E-state index is 12.9. The van der Waals surface area contributed by atoms with E-state index >= 15 is 0 Å². The van der Waals surface area contributed by atoms with Crippen LogP contribution in [0.2, 0.25) is 0 Å². The Hall–Kier alpha value is -2.37. The van der Waals surface area contributed by atoms with Crippen LogP contribution in [0, 0.1) is 0 Å². The zero-order valence-corrected chi connectivity index (χ0v) is 16.9. The van der Waals surface area contributed by atoms with Crippen molar-refractivity contribution in [2.24, 2.45) is 0 Å². The van der Waals surface area contributed by atoms with Crippen molar-refractivity contribution >= 4 is 5.91 Å². The third-order valence-corrected chi connectivity index (χ3v) is 4.78. The fourth-order valence-electron chi connectivity index (χ4n) is 3.51. The number of para-hydroxylation sites is 1. The molecule has 0 aromatic heterocycles. The molecule has 1 heterocycles. The van der Waals surface area contributed by atoms with Crippen molar-refractivity contribution in [1.29, 1.82) is 0 Å². The van der Waals surface area contributed by atoms with Gasteiger partial charge >= 0.3 is 0 Å². The van der Waals surface area contributed by atoms with Crippen molar-refractivity contribution in [3.63, 3.8) is 0 Å². The summed E-state index contributed by atoms with van der Waals surface area (Å²) in [5, 5.41) is 13.6. The van der Waals surface area contributed by atoms with Crippen molar-refractivity contribution in [3.8, 4) is 5.75 Å². The molecule has 5 nitrogen and oxygen atoms in total. The number of hydrogen-bond donors (Lipinski definition) is 2. The second-order valence-corrected chi connectivity index (χ2v) is 8.44.